The van der Waals surface area contributed by atoms with Crippen molar-refractivity contribution in [2.24, 2.45) is 72.9 Å². The molecule has 132 heavy (non-hydrogen) atoms. The standard InChI is InChI=1S/C19H24N3.C15H16N3.2C15H18N3.C14H15FN3.C14H16N3.3CH4O4S.3ClH/c1-18(2)16-8-6-7-9-17(16)22(19(18,3)4)20-14-15-10-12-21(5)13-11-15;1-17-9-6-13(7-10-17)12-16-18-11-8-14-4-2-3-5-15(14)18;2*1-13-4-6-15(7-5-13)18(3)16-12-14-8-10-17(2)11-9-14;1-17-9-7-12(8-10-17)11-16-18(2)14-6-4-3-5-13(14)15;1-16-11-7-6-10-14(16)12-15-17(2)13-8-4-3-5-9-13;3*1-6(3,4)5-2;;;/h6-14H,1-5H3;2-7,9-10,12H,8,11H2,1H3;2*4-12H,1-3H3;3-11H,1-2H3;3-12H,1-2H3;3*2H,1H3;3*1H/q6*+1;;;;;;/p-6. The van der Waals surface area contributed by atoms with E-state index in [1.807, 2.05) is 290 Å². The van der Waals surface area contributed by atoms with Gasteiger partial charge in [-0.2, -0.15) is 30.6 Å². The van der Waals surface area contributed by atoms with Crippen LogP contribution in [0.2, 0.25) is 0 Å². The molecule has 0 atom stereocenters. The third-order valence-corrected chi connectivity index (χ3v) is 20.3. The summed E-state index contributed by atoms with van der Waals surface area (Å²) in [4.78, 5) is 0. The van der Waals surface area contributed by atoms with Crippen LogP contribution >= 0.6 is 0 Å². The van der Waals surface area contributed by atoms with E-state index in [9.17, 15) is 29.6 Å². The van der Waals surface area contributed by atoms with Crippen molar-refractivity contribution in [3.8, 4) is 0 Å². The quantitative estimate of drug-likeness (QED) is 0.0436. The Hall–Kier alpha value is -12.6. The fourth-order valence-corrected chi connectivity index (χ4v) is 11.4. The second-order valence-corrected chi connectivity index (χ2v) is 35.2. The molecule has 704 valence electrons. The van der Waals surface area contributed by atoms with Crippen LogP contribution in [0.25, 0.3) is 0 Å². The number of hydrogen-bond acceptors (Lipinski definition) is 24. The first-order chi connectivity index (χ1) is 61.1. The van der Waals surface area contributed by atoms with Gasteiger partial charge in [0.05, 0.1) is 89.5 Å². The lowest BCUT2D eigenvalue weighted by molar-refractivity contribution is -0.672. The highest BCUT2D eigenvalue weighted by Crippen LogP contribution is 2.51. The van der Waals surface area contributed by atoms with Gasteiger partial charge in [0, 0.05) is 141 Å². The fraction of sp³-hybridized carbons (Fsp3) is 0.242. The Morgan fingerprint density at radius 3 is 1.08 bits per heavy atom. The van der Waals surface area contributed by atoms with Crippen LogP contribution in [0, 0.1) is 19.7 Å². The summed E-state index contributed by atoms with van der Waals surface area (Å²) in [5.74, 6) is -0.281. The maximum Gasteiger partial charge on any atom is 0.255 e. The van der Waals surface area contributed by atoms with Crippen molar-refractivity contribution in [3.63, 3.8) is 0 Å². The van der Waals surface area contributed by atoms with E-state index < -0.39 is 30.4 Å². The Morgan fingerprint density at radius 1 is 0.379 bits per heavy atom. The van der Waals surface area contributed by atoms with E-state index >= 15 is 0 Å². The van der Waals surface area contributed by atoms with Crippen LogP contribution in [0.4, 0.5) is 38.5 Å². The van der Waals surface area contributed by atoms with Gasteiger partial charge in [0.2, 0.25) is 5.69 Å². The molecule has 0 N–H and O–H groups in total. The average molecular weight is 1920 g/mol. The molecule has 6 aromatic carbocycles. The number of anilines is 6. The van der Waals surface area contributed by atoms with Gasteiger partial charge in [-0.15, -0.1) is 0 Å². The van der Waals surface area contributed by atoms with Gasteiger partial charge in [0.1, 0.15) is 54.3 Å². The number of pyridine rings is 6. The molecule has 0 radical (unpaired) electrons. The van der Waals surface area contributed by atoms with E-state index in [0.717, 1.165) is 63.5 Å². The Labute approximate surface area is 795 Å². The molecule has 14 rings (SSSR count). The Morgan fingerprint density at radius 2 is 0.697 bits per heavy atom. The summed E-state index contributed by atoms with van der Waals surface area (Å²) in [6, 6.07) is 76.6. The molecule has 2 aliphatic rings. The van der Waals surface area contributed by atoms with Gasteiger partial charge in [-0.3, -0.25) is 30.1 Å². The van der Waals surface area contributed by atoms with Crippen LogP contribution < -0.4 is 110 Å². The van der Waals surface area contributed by atoms with Crippen LogP contribution in [0.5, 0.6) is 0 Å². The molecule has 0 amide bonds. The predicted octanol–water partition coefficient (Wildman–Crippen LogP) is -0.264. The van der Waals surface area contributed by atoms with Gasteiger partial charge < -0.3 is 66.0 Å². The Kier molecular flexibility index (Phi) is 48.4. The van der Waals surface area contributed by atoms with Gasteiger partial charge in [0.25, 0.3) is 30.4 Å². The summed E-state index contributed by atoms with van der Waals surface area (Å²) in [5.41, 5.74) is 17.8. The highest BCUT2D eigenvalue weighted by Gasteiger charge is 2.51. The van der Waals surface area contributed by atoms with Crippen LogP contribution in [0.15, 0.2) is 329 Å². The summed E-state index contributed by atoms with van der Waals surface area (Å²) in [6.07, 6.45) is 36.3. The number of fused-ring (bicyclic) bond motifs is 2. The van der Waals surface area contributed by atoms with E-state index in [4.69, 9.17) is 20.9 Å². The molecule has 0 fully saturated rings. The van der Waals surface area contributed by atoms with Crippen molar-refractivity contribution in [2.45, 2.75) is 58.9 Å². The molecule has 30 nitrogen and oxygen atoms in total. The molecule has 0 spiro atoms. The van der Waals surface area contributed by atoms with Crippen molar-refractivity contribution < 1.29 is 123 Å². The number of aryl methyl sites for hydroxylation is 8. The van der Waals surface area contributed by atoms with Gasteiger partial charge in [-0.1, -0.05) is 116 Å². The first kappa shape index (κ1) is 114. The normalized spacial score (nSPS) is 12.4. The largest absolute Gasteiger partial charge is 1.00 e. The van der Waals surface area contributed by atoms with Gasteiger partial charge in [0.15, 0.2) is 68.2 Å². The monoisotopic (exact) mass is 1920 g/mol. The summed E-state index contributed by atoms with van der Waals surface area (Å²) >= 11 is 0. The van der Waals surface area contributed by atoms with Gasteiger partial charge >= 0.3 is 0 Å². The van der Waals surface area contributed by atoms with Crippen LogP contribution in [-0.4, -0.2) is 122 Å². The minimum atomic E-state index is -3.72. The number of rotatable bonds is 19. The third-order valence-electron chi connectivity index (χ3n) is 19.5. The van der Waals surface area contributed by atoms with E-state index in [2.05, 4.69) is 211 Å². The lowest BCUT2D eigenvalue weighted by Gasteiger charge is -2.39. The smallest absolute Gasteiger partial charge is 0.255 e. The average Bonchev–Trinajstić information content (AvgIpc) is 1.57. The Bertz CT molecular complexity index is 5830. The van der Waals surface area contributed by atoms with Gasteiger partial charge in [-0.25, -0.2) is 57.0 Å². The molecule has 37 heteroatoms. The minimum Gasteiger partial charge on any atom is -1.00 e. The summed E-state index contributed by atoms with van der Waals surface area (Å²) in [6.45, 7) is 14.2. The lowest BCUT2D eigenvalue weighted by Crippen LogP contribution is -3.00. The second-order valence-electron chi connectivity index (χ2n) is 30.6. The third kappa shape index (κ3) is 40.4. The van der Waals surface area contributed by atoms with Crippen molar-refractivity contribution >= 4 is 102 Å². The number of aromatic nitrogens is 6. The van der Waals surface area contributed by atoms with Crippen molar-refractivity contribution in [2.75, 3.05) is 83.6 Å². The molecule has 8 heterocycles. The second kappa shape index (κ2) is 56.2. The molecular formula is C95H116Cl3FN18O12S3. The highest BCUT2D eigenvalue weighted by molar-refractivity contribution is 7.86. The number of nitrogens with zero attached hydrogens (tertiary/aromatic N) is 18. The van der Waals surface area contributed by atoms with E-state index in [1.54, 1.807) is 31.5 Å². The van der Waals surface area contributed by atoms with Crippen molar-refractivity contribution in [1.29, 1.82) is 0 Å². The van der Waals surface area contributed by atoms with Gasteiger partial charge in [-0.05, 0) is 112 Å². The number of halogens is 4. The minimum absolute atomic E-state index is 0. The molecule has 0 saturated carbocycles. The molecule has 0 aliphatic carbocycles. The van der Waals surface area contributed by atoms with Crippen LogP contribution in [-0.2, 0) is 97.5 Å². The predicted molar refractivity (Wildman–Crippen MR) is 501 cm³/mol. The fourth-order valence-electron chi connectivity index (χ4n) is 11.4. The maximum atomic E-state index is 13.5. The zero-order valence-electron chi connectivity index (χ0n) is 77.4. The number of benzene rings is 6. The SMILES string of the molecule is CN(N=Cc1cc[n+](C)cc1)c1ccccc1F.CN(N=Cc1cccc[n+]1C)c1ccccc1.CS(=O)(=O)O[O-].CS(=O)(=O)O[O-].CS(=O)(=O)O[O-].C[n+]1ccc(C=NN2CCc3ccccc32)cc1.C[n+]1ccc(C=NN2c3ccccc3C(C)(C)C2(C)C)cc1.Cc1ccc(N(C)N=Cc2cc[n+](C)cc2)cc1.Cc1ccc(N(C)N=Cc2cc[n+](C)cc2)cc1.[Cl-].[Cl-].[Cl-]. The van der Waals surface area contributed by atoms with E-state index in [-0.39, 0.29) is 54.0 Å². The number of hydrogen-bond donors (Lipinski definition) is 0. The first-order valence-corrected chi connectivity index (χ1v) is 45.7. The molecule has 2 aliphatic heterocycles. The Balaban J connectivity index is 0.000000392. The molecule has 0 saturated heterocycles. The molecular weight excluding hydrogens is 1810 g/mol. The summed E-state index contributed by atoms with van der Waals surface area (Å²) < 4.78 is 90.3. The van der Waals surface area contributed by atoms with Crippen molar-refractivity contribution in [1.82, 2.24) is 0 Å². The van der Waals surface area contributed by atoms with E-state index in [1.165, 1.54) is 44.7 Å². The summed E-state index contributed by atoms with van der Waals surface area (Å²) in [7, 11) is 8.39. The molecule has 6 aromatic heterocycles. The zero-order valence-corrected chi connectivity index (χ0v) is 82.1. The number of para-hydroxylation sites is 4. The van der Waals surface area contributed by atoms with E-state index in [0.29, 0.717) is 24.5 Å². The maximum absolute atomic E-state index is 13.5. The summed E-state index contributed by atoms with van der Waals surface area (Å²) in [5, 5.41) is 64.8. The lowest BCUT2D eigenvalue weighted by atomic mass is 9.73. The molecule has 0 unspecified atom stereocenters. The van der Waals surface area contributed by atoms with Crippen LogP contribution in [0.1, 0.15) is 83.5 Å². The first-order valence-electron chi connectivity index (χ1n) is 40.2. The highest BCUT2D eigenvalue weighted by atomic mass is 35.5. The zero-order chi connectivity index (χ0) is 94.9. The molecule has 0 bridgehead atoms. The van der Waals surface area contributed by atoms with Crippen molar-refractivity contribution in [3.05, 3.63) is 360 Å². The molecule has 12 aromatic rings. The van der Waals surface area contributed by atoms with Crippen LogP contribution in [0.3, 0.4) is 0 Å². The number of hydrazone groups is 6. The topological polar surface area (TPSA) is 316 Å².